The largest absolute Gasteiger partial charge is 0.477 e. The highest BCUT2D eigenvalue weighted by Gasteiger charge is 2.06. The van der Waals surface area contributed by atoms with E-state index in [2.05, 4.69) is 21.5 Å². The molecule has 0 spiro atoms. The van der Waals surface area contributed by atoms with Gasteiger partial charge in [0, 0.05) is 35.3 Å². The zero-order valence-corrected chi connectivity index (χ0v) is 10.7. The van der Waals surface area contributed by atoms with Crippen LogP contribution in [0.25, 0.3) is 0 Å². The molecule has 0 aliphatic heterocycles. The molecule has 18 heavy (non-hydrogen) atoms. The number of nitrogens with zero attached hydrogens (tertiary/aromatic N) is 3. The standard InChI is InChI=1S/C12H13N3O2S/c1-2-15-8-13-6-9(15)7-18-10-3-4-14-11(5-10)12(16)17/h3-6,8H,2,7H2,1H3,(H,16,17). The van der Waals surface area contributed by atoms with Gasteiger partial charge in [-0.15, -0.1) is 11.8 Å². The van der Waals surface area contributed by atoms with Crippen LogP contribution in [0, 0.1) is 0 Å². The molecule has 0 unspecified atom stereocenters. The monoisotopic (exact) mass is 263 g/mol. The number of aromatic nitrogens is 3. The average Bonchev–Trinajstić information content (AvgIpc) is 2.84. The first-order valence-corrected chi connectivity index (χ1v) is 6.50. The van der Waals surface area contributed by atoms with Gasteiger partial charge in [-0.1, -0.05) is 0 Å². The number of hydrogen-bond donors (Lipinski definition) is 1. The van der Waals surface area contributed by atoms with Gasteiger partial charge in [0.05, 0.1) is 6.33 Å². The summed E-state index contributed by atoms with van der Waals surface area (Å²) in [4.78, 5) is 19.6. The van der Waals surface area contributed by atoms with Crippen LogP contribution in [0.3, 0.4) is 0 Å². The molecule has 2 rings (SSSR count). The molecule has 0 aromatic carbocycles. The number of carboxylic acids is 1. The Morgan fingerprint density at radius 1 is 1.56 bits per heavy atom. The summed E-state index contributed by atoms with van der Waals surface area (Å²) in [5.41, 5.74) is 1.19. The summed E-state index contributed by atoms with van der Waals surface area (Å²) in [7, 11) is 0. The van der Waals surface area contributed by atoms with Crippen molar-refractivity contribution < 1.29 is 9.90 Å². The Hall–Kier alpha value is -1.82. The van der Waals surface area contributed by atoms with E-state index in [0.717, 1.165) is 22.9 Å². The number of rotatable bonds is 5. The van der Waals surface area contributed by atoms with E-state index < -0.39 is 5.97 Å². The van der Waals surface area contributed by atoms with Gasteiger partial charge in [-0.3, -0.25) is 0 Å². The van der Waals surface area contributed by atoms with E-state index in [1.807, 2.05) is 12.3 Å². The summed E-state index contributed by atoms with van der Waals surface area (Å²) in [5, 5.41) is 8.86. The predicted molar refractivity (Wildman–Crippen MR) is 68.7 cm³/mol. The van der Waals surface area contributed by atoms with E-state index in [-0.39, 0.29) is 5.69 Å². The summed E-state index contributed by atoms with van der Waals surface area (Å²) in [6.07, 6.45) is 5.14. The topological polar surface area (TPSA) is 68.0 Å². The second-order valence-corrected chi connectivity index (χ2v) is 4.69. The number of aromatic carboxylic acids is 1. The quantitative estimate of drug-likeness (QED) is 0.838. The normalized spacial score (nSPS) is 10.5. The van der Waals surface area contributed by atoms with Gasteiger partial charge in [0.2, 0.25) is 0 Å². The molecule has 0 saturated carbocycles. The van der Waals surface area contributed by atoms with Crippen molar-refractivity contribution in [1.29, 1.82) is 0 Å². The maximum atomic E-state index is 10.8. The van der Waals surface area contributed by atoms with Crippen molar-refractivity contribution in [3.05, 3.63) is 42.2 Å². The third-order valence-corrected chi connectivity index (χ3v) is 3.50. The number of aryl methyl sites for hydroxylation is 1. The van der Waals surface area contributed by atoms with E-state index in [4.69, 9.17) is 5.11 Å². The van der Waals surface area contributed by atoms with Crippen LogP contribution in [0.5, 0.6) is 0 Å². The summed E-state index contributed by atoms with van der Waals surface area (Å²) >= 11 is 1.58. The molecule has 5 nitrogen and oxygen atoms in total. The maximum Gasteiger partial charge on any atom is 0.354 e. The minimum atomic E-state index is -1.00. The summed E-state index contributed by atoms with van der Waals surface area (Å²) in [5.74, 6) is -0.243. The van der Waals surface area contributed by atoms with Crippen molar-refractivity contribution in [1.82, 2.24) is 14.5 Å². The van der Waals surface area contributed by atoms with E-state index in [1.165, 1.54) is 6.20 Å². The fourth-order valence-electron chi connectivity index (χ4n) is 1.53. The summed E-state index contributed by atoms with van der Waals surface area (Å²) in [6.45, 7) is 2.94. The second-order valence-electron chi connectivity index (χ2n) is 3.64. The van der Waals surface area contributed by atoms with Crippen LogP contribution in [0.15, 0.2) is 35.7 Å². The van der Waals surface area contributed by atoms with Crippen LogP contribution in [0.4, 0.5) is 0 Å². The third-order valence-electron chi connectivity index (χ3n) is 2.48. The second kappa shape index (κ2) is 5.68. The van der Waals surface area contributed by atoms with Crippen molar-refractivity contribution in [2.24, 2.45) is 0 Å². The number of thioether (sulfide) groups is 1. The summed E-state index contributed by atoms with van der Waals surface area (Å²) in [6, 6.07) is 3.39. The van der Waals surface area contributed by atoms with Crippen LogP contribution >= 0.6 is 11.8 Å². The molecule has 2 heterocycles. The number of carbonyl (C=O) groups is 1. The molecule has 6 heteroatoms. The van der Waals surface area contributed by atoms with Crippen molar-refractivity contribution in [2.75, 3.05) is 0 Å². The highest BCUT2D eigenvalue weighted by Crippen LogP contribution is 2.22. The van der Waals surface area contributed by atoms with Gasteiger partial charge in [0.1, 0.15) is 5.69 Å². The molecule has 0 aliphatic rings. The molecule has 2 aromatic heterocycles. The molecular formula is C12H13N3O2S. The molecular weight excluding hydrogens is 250 g/mol. The van der Waals surface area contributed by atoms with Crippen LogP contribution in [-0.2, 0) is 12.3 Å². The van der Waals surface area contributed by atoms with E-state index in [9.17, 15) is 4.79 Å². The Morgan fingerprint density at radius 3 is 3.11 bits per heavy atom. The van der Waals surface area contributed by atoms with Crippen LogP contribution < -0.4 is 0 Å². The molecule has 1 N–H and O–H groups in total. The number of imidazole rings is 1. The smallest absolute Gasteiger partial charge is 0.354 e. The minimum absolute atomic E-state index is 0.0731. The van der Waals surface area contributed by atoms with Gasteiger partial charge in [-0.25, -0.2) is 14.8 Å². The van der Waals surface area contributed by atoms with E-state index in [1.54, 1.807) is 24.2 Å². The first-order valence-electron chi connectivity index (χ1n) is 5.52. The van der Waals surface area contributed by atoms with Crippen LogP contribution in [-0.4, -0.2) is 25.6 Å². The maximum absolute atomic E-state index is 10.8. The number of hydrogen-bond acceptors (Lipinski definition) is 4. The van der Waals surface area contributed by atoms with Crippen molar-refractivity contribution >= 4 is 17.7 Å². The molecule has 2 aromatic rings. The highest BCUT2D eigenvalue weighted by atomic mass is 32.2. The zero-order valence-electron chi connectivity index (χ0n) is 9.91. The predicted octanol–water partition coefficient (Wildman–Crippen LogP) is 2.29. The number of carboxylic acid groups (broad SMARTS) is 1. The lowest BCUT2D eigenvalue weighted by atomic mass is 10.3. The molecule has 0 amide bonds. The van der Waals surface area contributed by atoms with Gasteiger partial charge >= 0.3 is 5.97 Å². The minimum Gasteiger partial charge on any atom is -0.477 e. The lowest BCUT2D eigenvalue weighted by molar-refractivity contribution is 0.0690. The average molecular weight is 263 g/mol. The molecule has 94 valence electrons. The van der Waals surface area contributed by atoms with Gasteiger partial charge in [0.15, 0.2) is 0 Å². The van der Waals surface area contributed by atoms with Crippen molar-refractivity contribution in [3.63, 3.8) is 0 Å². The zero-order chi connectivity index (χ0) is 13.0. The Morgan fingerprint density at radius 2 is 2.39 bits per heavy atom. The van der Waals surface area contributed by atoms with Crippen molar-refractivity contribution in [3.8, 4) is 0 Å². The Kier molecular flexibility index (Phi) is 3.99. The molecule has 0 radical (unpaired) electrons. The van der Waals surface area contributed by atoms with E-state index in [0.29, 0.717) is 0 Å². The highest BCUT2D eigenvalue weighted by molar-refractivity contribution is 7.98. The Bertz CT molecular complexity index is 554. The molecule has 0 atom stereocenters. The first-order chi connectivity index (χ1) is 8.70. The first kappa shape index (κ1) is 12.6. The summed E-state index contributed by atoms with van der Waals surface area (Å²) < 4.78 is 2.06. The van der Waals surface area contributed by atoms with E-state index >= 15 is 0 Å². The van der Waals surface area contributed by atoms with Crippen LogP contribution in [0.2, 0.25) is 0 Å². The lowest BCUT2D eigenvalue weighted by Gasteiger charge is -2.05. The fraction of sp³-hybridized carbons (Fsp3) is 0.250. The molecule has 0 aliphatic carbocycles. The SMILES string of the molecule is CCn1cncc1CSc1ccnc(C(=O)O)c1. The van der Waals surface area contributed by atoms with Gasteiger partial charge < -0.3 is 9.67 Å². The molecule has 0 bridgehead atoms. The van der Waals surface area contributed by atoms with Crippen molar-refractivity contribution in [2.45, 2.75) is 24.1 Å². The Balaban J connectivity index is 2.06. The fourth-order valence-corrected chi connectivity index (χ4v) is 2.44. The van der Waals surface area contributed by atoms with Gasteiger partial charge in [-0.05, 0) is 19.1 Å². The molecule has 0 fully saturated rings. The van der Waals surface area contributed by atoms with Crippen LogP contribution in [0.1, 0.15) is 23.1 Å². The van der Waals surface area contributed by atoms with Gasteiger partial charge in [0.25, 0.3) is 0 Å². The third kappa shape index (κ3) is 2.89. The molecule has 0 saturated heterocycles. The number of pyridine rings is 1. The lowest BCUT2D eigenvalue weighted by Crippen LogP contribution is -2.00. The van der Waals surface area contributed by atoms with Gasteiger partial charge in [-0.2, -0.15) is 0 Å². The Labute approximate surface area is 109 Å².